The van der Waals surface area contributed by atoms with E-state index in [4.69, 9.17) is 14.6 Å². The molecule has 1 aromatic rings. The van der Waals surface area contributed by atoms with Gasteiger partial charge in [-0.1, -0.05) is 6.07 Å². The zero-order valence-corrected chi connectivity index (χ0v) is 12.3. The van der Waals surface area contributed by atoms with Crippen molar-refractivity contribution in [2.45, 2.75) is 25.8 Å². The molecule has 112 valence electrons. The number of carboxylic acids is 1. The first-order valence-corrected chi connectivity index (χ1v) is 6.44. The first-order valence-electron chi connectivity index (χ1n) is 6.44. The van der Waals surface area contributed by atoms with Crippen molar-refractivity contribution in [2.75, 3.05) is 20.4 Å². The normalized spacial score (nSPS) is 12.3. The van der Waals surface area contributed by atoms with Crippen molar-refractivity contribution in [1.29, 1.82) is 0 Å². The minimum atomic E-state index is -0.724. The zero-order chi connectivity index (χ0) is 13.7. The second-order valence-corrected chi connectivity index (χ2v) is 4.78. The monoisotopic (exact) mass is 301 g/mol. The highest BCUT2D eigenvalue weighted by molar-refractivity contribution is 5.85. The summed E-state index contributed by atoms with van der Waals surface area (Å²) in [6.07, 6.45) is 1.87. The maximum absolute atomic E-state index is 10.4. The van der Waals surface area contributed by atoms with Crippen LogP contribution in [0.5, 0.6) is 11.5 Å². The van der Waals surface area contributed by atoms with Gasteiger partial charge in [-0.15, -0.1) is 12.4 Å². The van der Waals surface area contributed by atoms with Crippen LogP contribution < -0.4 is 9.47 Å². The number of fused-ring (bicyclic) bond motifs is 1. The second-order valence-electron chi connectivity index (χ2n) is 4.78. The van der Waals surface area contributed by atoms with Crippen LogP contribution in [0.25, 0.3) is 0 Å². The number of benzene rings is 1. The van der Waals surface area contributed by atoms with E-state index in [0.29, 0.717) is 6.79 Å². The third-order valence-corrected chi connectivity index (χ3v) is 3.07. The highest BCUT2D eigenvalue weighted by Crippen LogP contribution is 2.32. The lowest BCUT2D eigenvalue weighted by Crippen LogP contribution is -2.19. The molecule has 2 rings (SSSR count). The van der Waals surface area contributed by atoms with Crippen LogP contribution in [0.3, 0.4) is 0 Å². The topological polar surface area (TPSA) is 59.0 Å². The minimum Gasteiger partial charge on any atom is -0.481 e. The third-order valence-electron chi connectivity index (χ3n) is 3.07. The highest BCUT2D eigenvalue weighted by atomic mass is 35.5. The maximum atomic E-state index is 10.4. The van der Waals surface area contributed by atoms with Gasteiger partial charge in [-0.05, 0) is 44.1 Å². The molecule has 0 unspecified atom stereocenters. The van der Waals surface area contributed by atoms with Crippen LogP contribution in [0.4, 0.5) is 0 Å². The number of hydrogen-bond acceptors (Lipinski definition) is 4. The molecule has 1 heterocycles. The fraction of sp³-hybridized carbons (Fsp3) is 0.500. The molecule has 0 aromatic heterocycles. The van der Waals surface area contributed by atoms with E-state index >= 15 is 0 Å². The van der Waals surface area contributed by atoms with Crippen molar-refractivity contribution in [1.82, 2.24) is 4.90 Å². The van der Waals surface area contributed by atoms with Gasteiger partial charge >= 0.3 is 5.97 Å². The molecule has 0 bridgehead atoms. The van der Waals surface area contributed by atoms with E-state index < -0.39 is 5.97 Å². The molecular formula is C14H20ClNO4. The van der Waals surface area contributed by atoms with Crippen molar-refractivity contribution in [3.63, 3.8) is 0 Å². The Kier molecular flexibility index (Phi) is 6.61. The molecular weight excluding hydrogens is 282 g/mol. The number of ether oxygens (including phenoxy) is 2. The number of rotatable bonds is 7. The molecule has 0 spiro atoms. The first-order chi connectivity index (χ1) is 9.15. The van der Waals surface area contributed by atoms with Crippen LogP contribution in [0.15, 0.2) is 18.2 Å². The molecule has 0 fully saturated rings. The second kappa shape index (κ2) is 7.97. The lowest BCUT2D eigenvalue weighted by atomic mass is 10.2. The number of carboxylic acid groups (broad SMARTS) is 1. The Morgan fingerprint density at radius 2 is 2.05 bits per heavy atom. The molecule has 0 radical (unpaired) electrons. The van der Waals surface area contributed by atoms with Crippen LogP contribution in [0, 0.1) is 0 Å². The van der Waals surface area contributed by atoms with E-state index in [-0.39, 0.29) is 18.8 Å². The Morgan fingerprint density at radius 3 is 2.80 bits per heavy atom. The highest BCUT2D eigenvalue weighted by Gasteiger charge is 2.13. The average molecular weight is 302 g/mol. The molecule has 1 N–H and O–H groups in total. The molecule has 0 aliphatic carbocycles. The fourth-order valence-corrected chi connectivity index (χ4v) is 2.09. The Labute approximate surface area is 124 Å². The summed E-state index contributed by atoms with van der Waals surface area (Å²) in [6, 6.07) is 5.95. The van der Waals surface area contributed by atoms with Crippen LogP contribution >= 0.6 is 12.4 Å². The molecule has 6 heteroatoms. The van der Waals surface area contributed by atoms with Crippen molar-refractivity contribution >= 4 is 18.4 Å². The molecule has 20 heavy (non-hydrogen) atoms. The van der Waals surface area contributed by atoms with Gasteiger partial charge < -0.3 is 19.5 Å². The van der Waals surface area contributed by atoms with Gasteiger partial charge in [-0.3, -0.25) is 4.79 Å². The van der Waals surface area contributed by atoms with Gasteiger partial charge in [0.05, 0.1) is 0 Å². The first kappa shape index (κ1) is 16.6. The smallest absolute Gasteiger partial charge is 0.303 e. The molecule has 1 aliphatic heterocycles. The predicted molar refractivity (Wildman–Crippen MR) is 77.6 cm³/mol. The Hall–Kier alpha value is -1.46. The van der Waals surface area contributed by atoms with E-state index in [0.717, 1.165) is 37.4 Å². The number of carbonyl (C=O) groups is 1. The van der Waals surface area contributed by atoms with E-state index in [2.05, 4.69) is 4.90 Å². The van der Waals surface area contributed by atoms with Crippen molar-refractivity contribution < 1.29 is 19.4 Å². The summed E-state index contributed by atoms with van der Waals surface area (Å²) < 4.78 is 10.6. The number of aliphatic carboxylic acids is 1. The summed E-state index contributed by atoms with van der Waals surface area (Å²) in [5.74, 6) is 0.878. The van der Waals surface area contributed by atoms with Crippen LogP contribution in [0.2, 0.25) is 0 Å². The van der Waals surface area contributed by atoms with E-state index in [1.54, 1.807) is 0 Å². The van der Waals surface area contributed by atoms with Gasteiger partial charge in [0, 0.05) is 13.0 Å². The lowest BCUT2D eigenvalue weighted by molar-refractivity contribution is -0.137. The zero-order valence-electron chi connectivity index (χ0n) is 11.5. The van der Waals surface area contributed by atoms with E-state index in [1.165, 1.54) is 5.56 Å². The largest absolute Gasteiger partial charge is 0.481 e. The molecule has 0 atom stereocenters. The van der Waals surface area contributed by atoms with Crippen molar-refractivity contribution in [3.05, 3.63) is 23.8 Å². The SMILES string of the molecule is CN(CCCCC(=O)O)Cc1ccc2c(c1)OCO2.Cl. The summed E-state index contributed by atoms with van der Waals surface area (Å²) in [4.78, 5) is 12.6. The minimum absolute atomic E-state index is 0. The van der Waals surface area contributed by atoms with Crippen LogP contribution in [-0.2, 0) is 11.3 Å². The predicted octanol–water partition coefficient (Wildman–Crippen LogP) is 2.52. The Morgan fingerprint density at radius 1 is 1.30 bits per heavy atom. The van der Waals surface area contributed by atoms with Gasteiger partial charge in [-0.2, -0.15) is 0 Å². The van der Waals surface area contributed by atoms with Gasteiger partial charge in [0.1, 0.15) is 0 Å². The number of nitrogens with zero attached hydrogens (tertiary/aromatic N) is 1. The quantitative estimate of drug-likeness (QED) is 0.784. The fourth-order valence-electron chi connectivity index (χ4n) is 2.09. The molecule has 0 saturated carbocycles. The summed E-state index contributed by atoms with van der Waals surface area (Å²) in [6.45, 7) is 2.01. The van der Waals surface area contributed by atoms with Gasteiger partial charge in [0.25, 0.3) is 0 Å². The van der Waals surface area contributed by atoms with Crippen LogP contribution in [-0.4, -0.2) is 36.4 Å². The van der Waals surface area contributed by atoms with E-state index in [9.17, 15) is 4.79 Å². The molecule has 0 saturated heterocycles. The molecule has 5 nitrogen and oxygen atoms in total. The van der Waals surface area contributed by atoms with Crippen molar-refractivity contribution in [3.8, 4) is 11.5 Å². The summed E-state index contributed by atoms with van der Waals surface area (Å²) in [7, 11) is 2.03. The molecule has 1 aliphatic rings. The lowest BCUT2D eigenvalue weighted by Gasteiger charge is -2.16. The van der Waals surface area contributed by atoms with Crippen LogP contribution in [0.1, 0.15) is 24.8 Å². The molecule has 0 amide bonds. The maximum Gasteiger partial charge on any atom is 0.303 e. The average Bonchev–Trinajstić information content (AvgIpc) is 2.82. The standard InChI is InChI=1S/C14H19NO4.ClH/c1-15(7-3-2-4-14(16)17)9-11-5-6-12-13(8-11)19-10-18-12;/h5-6,8H,2-4,7,9-10H2,1H3,(H,16,17);1H. The number of halogens is 1. The number of unbranched alkanes of at least 4 members (excludes halogenated alkanes) is 1. The van der Waals surface area contributed by atoms with Gasteiger partial charge in [0.2, 0.25) is 6.79 Å². The van der Waals surface area contributed by atoms with Gasteiger partial charge in [-0.25, -0.2) is 0 Å². The Bertz CT molecular complexity index is 453. The summed E-state index contributed by atoms with van der Waals surface area (Å²) >= 11 is 0. The van der Waals surface area contributed by atoms with Gasteiger partial charge in [0.15, 0.2) is 11.5 Å². The Balaban J connectivity index is 0.00000200. The van der Waals surface area contributed by atoms with Crippen molar-refractivity contribution in [2.24, 2.45) is 0 Å². The summed E-state index contributed by atoms with van der Waals surface area (Å²) in [5, 5.41) is 8.56. The third kappa shape index (κ3) is 4.90. The molecule has 1 aromatic carbocycles. The number of hydrogen-bond donors (Lipinski definition) is 1. The summed E-state index contributed by atoms with van der Waals surface area (Å²) in [5.41, 5.74) is 1.17. The van der Waals surface area contributed by atoms with E-state index in [1.807, 2.05) is 25.2 Å².